The Hall–Kier alpha value is -1.96. The first-order valence-electron chi connectivity index (χ1n) is 4.90. The summed E-state index contributed by atoms with van der Waals surface area (Å²) in [4.78, 5) is 0. The van der Waals surface area contributed by atoms with Gasteiger partial charge in [-0.25, -0.2) is 9.07 Å². The van der Waals surface area contributed by atoms with Gasteiger partial charge in [0, 0.05) is 6.54 Å². The maximum absolute atomic E-state index is 13.5. The van der Waals surface area contributed by atoms with E-state index >= 15 is 0 Å². The van der Waals surface area contributed by atoms with Crippen LogP contribution in [-0.4, -0.2) is 15.0 Å². The molecule has 1 heterocycles. The zero-order valence-electron chi connectivity index (χ0n) is 8.95. The van der Waals surface area contributed by atoms with Crippen LogP contribution < -0.4 is 5.73 Å². The third-order valence-electron chi connectivity index (χ3n) is 2.27. The molecule has 1 aromatic carbocycles. The zero-order chi connectivity index (χ0) is 13.3. The van der Waals surface area contributed by atoms with Gasteiger partial charge in [-0.15, -0.1) is 5.10 Å². The van der Waals surface area contributed by atoms with Gasteiger partial charge in [0.1, 0.15) is 11.5 Å². The van der Waals surface area contributed by atoms with Crippen molar-refractivity contribution >= 4 is 0 Å². The van der Waals surface area contributed by atoms with Crippen molar-refractivity contribution in [2.75, 3.05) is 0 Å². The van der Waals surface area contributed by atoms with E-state index in [-0.39, 0.29) is 12.2 Å². The predicted molar refractivity (Wildman–Crippen MR) is 54.2 cm³/mol. The van der Waals surface area contributed by atoms with Crippen LogP contribution in [0.3, 0.4) is 0 Å². The van der Waals surface area contributed by atoms with Crippen molar-refractivity contribution in [3.05, 3.63) is 41.5 Å². The largest absolute Gasteiger partial charge is 0.416 e. The Morgan fingerprint density at radius 2 is 2.00 bits per heavy atom. The lowest BCUT2D eigenvalue weighted by atomic mass is 10.2. The number of hydrogen-bond donors (Lipinski definition) is 1. The number of benzene rings is 1. The molecule has 0 bridgehead atoms. The van der Waals surface area contributed by atoms with Crippen LogP contribution in [0.25, 0.3) is 5.69 Å². The average Bonchev–Trinajstić information content (AvgIpc) is 2.76. The molecule has 0 aliphatic heterocycles. The second kappa shape index (κ2) is 4.37. The van der Waals surface area contributed by atoms with E-state index in [0.717, 1.165) is 10.7 Å². The van der Waals surface area contributed by atoms with E-state index in [1.807, 2.05) is 0 Å². The highest BCUT2D eigenvalue weighted by Crippen LogP contribution is 2.31. The molecule has 18 heavy (non-hydrogen) atoms. The van der Waals surface area contributed by atoms with Crippen LogP contribution in [-0.2, 0) is 12.7 Å². The molecule has 0 saturated carbocycles. The molecule has 96 valence electrons. The smallest absolute Gasteiger partial charge is 0.325 e. The summed E-state index contributed by atoms with van der Waals surface area (Å²) in [6.07, 6.45) is -3.27. The van der Waals surface area contributed by atoms with Crippen LogP contribution in [0.4, 0.5) is 17.6 Å². The molecule has 0 aliphatic carbocycles. The van der Waals surface area contributed by atoms with Crippen LogP contribution in [0.15, 0.2) is 24.4 Å². The lowest BCUT2D eigenvalue weighted by Crippen LogP contribution is -2.08. The normalized spacial score (nSPS) is 11.8. The van der Waals surface area contributed by atoms with Crippen molar-refractivity contribution < 1.29 is 17.6 Å². The molecule has 8 heteroatoms. The molecule has 0 spiro atoms. The summed E-state index contributed by atoms with van der Waals surface area (Å²) < 4.78 is 51.9. The fraction of sp³-hybridized carbons (Fsp3) is 0.200. The summed E-state index contributed by atoms with van der Waals surface area (Å²) >= 11 is 0. The van der Waals surface area contributed by atoms with E-state index in [2.05, 4.69) is 10.3 Å². The second-order valence-electron chi connectivity index (χ2n) is 3.52. The highest BCUT2D eigenvalue weighted by Gasteiger charge is 2.31. The van der Waals surface area contributed by atoms with Gasteiger partial charge in [-0.3, -0.25) is 0 Å². The van der Waals surface area contributed by atoms with Gasteiger partial charge < -0.3 is 5.73 Å². The Bertz CT molecular complexity index is 561. The lowest BCUT2D eigenvalue weighted by Gasteiger charge is -2.09. The Balaban J connectivity index is 2.49. The topological polar surface area (TPSA) is 56.7 Å². The van der Waals surface area contributed by atoms with E-state index in [9.17, 15) is 17.6 Å². The van der Waals surface area contributed by atoms with Gasteiger partial charge in [0.25, 0.3) is 0 Å². The summed E-state index contributed by atoms with van der Waals surface area (Å²) in [6.45, 7) is 0.0700. The first kappa shape index (κ1) is 12.5. The molecule has 0 saturated heterocycles. The molecule has 0 atom stereocenters. The van der Waals surface area contributed by atoms with Gasteiger partial charge in [0.05, 0.1) is 17.5 Å². The maximum Gasteiger partial charge on any atom is 0.416 e. The van der Waals surface area contributed by atoms with E-state index in [0.29, 0.717) is 17.8 Å². The Morgan fingerprint density at radius 1 is 1.28 bits per heavy atom. The SMILES string of the molecule is NCc1cn(-c2cc(C(F)(F)F)ccc2F)nn1. The molecule has 0 unspecified atom stereocenters. The molecule has 0 aliphatic rings. The van der Waals surface area contributed by atoms with Crippen molar-refractivity contribution in [3.63, 3.8) is 0 Å². The quantitative estimate of drug-likeness (QED) is 0.839. The molecule has 1 aromatic heterocycles. The molecule has 4 nitrogen and oxygen atoms in total. The third-order valence-corrected chi connectivity index (χ3v) is 2.27. The molecule has 0 amide bonds. The third kappa shape index (κ3) is 2.33. The van der Waals surface area contributed by atoms with Crippen LogP contribution in [0.5, 0.6) is 0 Å². The highest BCUT2D eigenvalue weighted by atomic mass is 19.4. The van der Waals surface area contributed by atoms with Gasteiger partial charge >= 0.3 is 6.18 Å². The van der Waals surface area contributed by atoms with Crippen LogP contribution >= 0.6 is 0 Å². The predicted octanol–water partition coefficient (Wildman–Crippen LogP) is 1.88. The van der Waals surface area contributed by atoms with Crippen LogP contribution in [0.1, 0.15) is 11.3 Å². The fourth-order valence-electron chi connectivity index (χ4n) is 1.37. The monoisotopic (exact) mass is 260 g/mol. The molecule has 0 radical (unpaired) electrons. The number of alkyl halides is 3. The van der Waals surface area contributed by atoms with Crippen molar-refractivity contribution in [1.82, 2.24) is 15.0 Å². The molecule has 2 aromatic rings. The van der Waals surface area contributed by atoms with Gasteiger partial charge in [-0.1, -0.05) is 5.21 Å². The van der Waals surface area contributed by atoms with E-state index in [1.165, 1.54) is 6.20 Å². The first-order chi connectivity index (χ1) is 8.41. The van der Waals surface area contributed by atoms with Crippen molar-refractivity contribution in [3.8, 4) is 5.69 Å². The average molecular weight is 260 g/mol. The molecule has 2 N–H and O–H groups in total. The molecule has 2 rings (SSSR count). The van der Waals surface area contributed by atoms with Gasteiger partial charge in [-0.05, 0) is 18.2 Å². The number of nitrogens with zero attached hydrogens (tertiary/aromatic N) is 3. The maximum atomic E-state index is 13.5. The lowest BCUT2D eigenvalue weighted by molar-refractivity contribution is -0.137. The zero-order valence-corrected chi connectivity index (χ0v) is 8.95. The first-order valence-corrected chi connectivity index (χ1v) is 4.90. The Kier molecular flexibility index (Phi) is 3.04. The number of hydrogen-bond acceptors (Lipinski definition) is 3. The van der Waals surface area contributed by atoms with Crippen LogP contribution in [0, 0.1) is 5.82 Å². The van der Waals surface area contributed by atoms with Crippen LogP contribution in [0.2, 0.25) is 0 Å². The van der Waals surface area contributed by atoms with Gasteiger partial charge in [0.2, 0.25) is 0 Å². The summed E-state index contributed by atoms with van der Waals surface area (Å²) in [5.74, 6) is -0.823. The van der Waals surface area contributed by atoms with Crippen molar-refractivity contribution in [2.45, 2.75) is 12.7 Å². The van der Waals surface area contributed by atoms with Crippen molar-refractivity contribution in [2.24, 2.45) is 5.73 Å². The van der Waals surface area contributed by atoms with Gasteiger partial charge in [0.15, 0.2) is 0 Å². The second-order valence-corrected chi connectivity index (χ2v) is 3.52. The Labute approximate surface area is 99.0 Å². The molecular weight excluding hydrogens is 252 g/mol. The molecular formula is C10H8F4N4. The number of halogens is 4. The Morgan fingerprint density at radius 3 is 2.56 bits per heavy atom. The van der Waals surface area contributed by atoms with E-state index < -0.39 is 17.6 Å². The minimum atomic E-state index is -4.54. The standard InChI is InChI=1S/C10H8F4N4/c11-8-2-1-6(10(12,13)14)3-9(8)18-5-7(4-15)16-17-18/h1-3,5H,4,15H2. The number of rotatable bonds is 2. The van der Waals surface area contributed by atoms with E-state index in [4.69, 9.17) is 5.73 Å². The number of aromatic nitrogens is 3. The minimum absolute atomic E-state index is 0.0700. The molecule has 0 fully saturated rings. The summed E-state index contributed by atoms with van der Waals surface area (Å²) in [5.41, 5.74) is 4.37. The highest BCUT2D eigenvalue weighted by molar-refractivity contribution is 5.38. The van der Waals surface area contributed by atoms with Gasteiger partial charge in [-0.2, -0.15) is 13.2 Å². The summed E-state index contributed by atoms with van der Waals surface area (Å²) in [5, 5.41) is 7.10. The minimum Gasteiger partial charge on any atom is -0.325 e. The van der Waals surface area contributed by atoms with E-state index in [1.54, 1.807) is 0 Å². The summed E-state index contributed by atoms with van der Waals surface area (Å²) in [6, 6.07) is 2.08. The van der Waals surface area contributed by atoms with Crippen molar-refractivity contribution in [1.29, 1.82) is 0 Å². The fourth-order valence-corrected chi connectivity index (χ4v) is 1.37. The summed E-state index contributed by atoms with van der Waals surface area (Å²) in [7, 11) is 0. The number of nitrogens with two attached hydrogens (primary N) is 1.